The second kappa shape index (κ2) is 7.54. The zero-order valence-electron chi connectivity index (χ0n) is 13.3. The van der Waals surface area contributed by atoms with Crippen LogP contribution in [0.2, 0.25) is 0 Å². The van der Waals surface area contributed by atoms with E-state index in [1.165, 1.54) is 0 Å². The van der Waals surface area contributed by atoms with Gasteiger partial charge in [0.05, 0.1) is 12.5 Å². The quantitative estimate of drug-likeness (QED) is 0.458. The third kappa shape index (κ3) is 4.95. The monoisotopic (exact) mass is 304 g/mol. The summed E-state index contributed by atoms with van der Waals surface area (Å²) in [5.74, 6) is -1.18. The molecule has 22 heavy (non-hydrogen) atoms. The van der Waals surface area contributed by atoms with Crippen LogP contribution >= 0.6 is 0 Å². The summed E-state index contributed by atoms with van der Waals surface area (Å²) in [7, 11) is 0. The molecule has 4 heteroatoms. The number of benzene rings is 1. The van der Waals surface area contributed by atoms with Gasteiger partial charge in [-0.3, -0.25) is 4.79 Å². The average Bonchev–Trinajstić information content (AvgIpc) is 2.54. The van der Waals surface area contributed by atoms with Crippen molar-refractivity contribution in [1.29, 1.82) is 0 Å². The van der Waals surface area contributed by atoms with Crippen molar-refractivity contribution < 1.29 is 19.1 Å². The number of hydrogen-bond acceptors (Lipinski definition) is 4. The highest BCUT2D eigenvalue weighted by Crippen LogP contribution is 2.30. The van der Waals surface area contributed by atoms with E-state index >= 15 is 0 Å². The van der Waals surface area contributed by atoms with Crippen molar-refractivity contribution in [2.24, 2.45) is 11.8 Å². The molecule has 1 aromatic carbocycles. The fourth-order valence-electron chi connectivity index (χ4n) is 2.68. The van der Waals surface area contributed by atoms with E-state index in [1.54, 1.807) is 13.8 Å². The highest BCUT2D eigenvalue weighted by Gasteiger charge is 2.31. The standard InChI is InChI=1S/C18H24O4/c1-18(2,21-13-15-6-4-3-5-7-15)22-17(20)16-10-8-14(12-19)9-11-16/h3-7,12,14,16H,8-11,13H2,1-2H3. The molecule has 0 N–H and O–H groups in total. The maximum Gasteiger partial charge on any atom is 0.311 e. The smallest absolute Gasteiger partial charge is 0.311 e. The molecule has 2 rings (SSSR count). The molecule has 0 spiro atoms. The average molecular weight is 304 g/mol. The molecule has 0 heterocycles. The van der Waals surface area contributed by atoms with Crippen molar-refractivity contribution >= 4 is 12.3 Å². The Morgan fingerprint density at radius 2 is 1.82 bits per heavy atom. The van der Waals surface area contributed by atoms with E-state index in [-0.39, 0.29) is 17.8 Å². The first-order chi connectivity index (χ1) is 10.5. The van der Waals surface area contributed by atoms with E-state index in [0.717, 1.165) is 37.5 Å². The largest absolute Gasteiger partial charge is 0.433 e. The minimum atomic E-state index is -0.950. The second-order valence-corrected chi connectivity index (χ2v) is 6.34. The summed E-state index contributed by atoms with van der Waals surface area (Å²) in [5.41, 5.74) is 1.04. The van der Waals surface area contributed by atoms with Crippen LogP contribution in [0.5, 0.6) is 0 Å². The Hall–Kier alpha value is -1.68. The summed E-state index contributed by atoms with van der Waals surface area (Å²) in [6.45, 7) is 3.91. The molecule has 0 aliphatic heterocycles. The fourth-order valence-corrected chi connectivity index (χ4v) is 2.68. The Balaban J connectivity index is 1.80. The zero-order valence-corrected chi connectivity index (χ0v) is 13.3. The maximum absolute atomic E-state index is 12.2. The molecule has 0 atom stereocenters. The predicted molar refractivity (Wildman–Crippen MR) is 82.9 cm³/mol. The lowest BCUT2D eigenvalue weighted by atomic mass is 9.83. The summed E-state index contributed by atoms with van der Waals surface area (Å²) in [6, 6.07) is 9.79. The molecule has 1 saturated carbocycles. The number of rotatable bonds is 6. The number of ether oxygens (including phenoxy) is 2. The SMILES string of the molecule is CC(C)(OCc1ccccc1)OC(=O)C1CCC(C=O)CC1. The molecule has 120 valence electrons. The first-order valence-electron chi connectivity index (χ1n) is 7.86. The molecule has 0 saturated heterocycles. The van der Waals surface area contributed by atoms with E-state index in [9.17, 15) is 9.59 Å². The molecule has 1 aliphatic rings. The lowest BCUT2D eigenvalue weighted by molar-refractivity contribution is -0.224. The van der Waals surface area contributed by atoms with Crippen molar-refractivity contribution in [1.82, 2.24) is 0 Å². The first kappa shape index (κ1) is 16.7. The van der Waals surface area contributed by atoms with Crippen LogP contribution in [0.25, 0.3) is 0 Å². The summed E-state index contributed by atoms with van der Waals surface area (Å²) in [4.78, 5) is 23.0. The third-order valence-corrected chi connectivity index (χ3v) is 4.07. The van der Waals surface area contributed by atoms with Crippen LogP contribution in [0.15, 0.2) is 30.3 Å². The second-order valence-electron chi connectivity index (χ2n) is 6.34. The summed E-state index contributed by atoms with van der Waals surface area (Å²) in [6.07, 6.45) is 3.98. The van der Waals surface area contributed by atoms with Gasteiger partial charge in [-0.2, -0.15) is 0 Å². The van der Waals surface area contributed by atoms with Crippen LogP contribution in [0, 0.1) is 11.8 Å². The number of aldehydes is 1. The van der Waals surface area contributed by atoms with E-state index in [1.807, 2.05) is 30.3 Å². The maximum atomic E-state index is 12.2. The number of carbonyl (C=O) groups is 2. The van der Waals surface area contributed by atoms with Gasteiger partial charge in [-0.05, 0) is 31.2 Å². The summed E-state index contributed by atoms with van der Waals surface area (Å²) < 4.78 is 11.2. The predicted octanol–water partition coefficient (Wildman–Crippen LogP) is 3.49. The van der Waals surface area contributed by atoms with Gasteiger partial charge in [0.2, 0.25) is 5.79 Å². The van der Waals surface area contributed by atoms with Crippen LogP contribution in [-0.2, 0) is 25.7 Å². The molecule has 0 amide bonds. The lowest BCUT2D eigenvalue weighted by Crippen LogP contribution is -2.35. The van der Waals surface area contributed by atoms with Gasteiger partial charge in [0.25, 0.3) is 0 Å². The van der Waals surface area contributed by atoms with Gasteiger partial charge in [0, 0.05) is 19.8 Å². The molecular formula is C18H24O4. The normalized spacial score (nSPS) is 22.1. The van der Waals surface area contributed by atoms with Crippen LogP contribution < -0.4 is 0 Å². The van der Waals surface area contributed by atoms with E-state index < -0.39 is 5.79 Å². The Labute approximate surface area is 131 Å². The van der Waals surface area contributed by atoms with Crippen molar-refractivity contribution in [2.45, 2.75) is 51.9 Å². The molecule has 0 bridgehead atoms. The summed E-state index contributed by atoms with van der Waals surface area (Å²) in [5, 5.41) is 0. The van der Waals surface area contributed by atoms with Crippen molar-refractivity contribution in [3.63, 3.8) is 0 Å². The first-order valence-corrected chi connectivity index (χ1v) is 7.86. The molecule has 1 aliphatic carbocycles. The molecule has 0 aromatic heterocycles. The lowest BCUT2D eigenvalue weighted by Gasteiger charge is -2.30. The minimum absolute atomic E-state index is 0.103. The van der Waals surface area contributed by atoms with Crippen molar-refractivity contribution in [3.8, 4) is 0 Å². The van der Waals surface area contributed by atoms with Crippen molar-refractivity contribution in [3.05, 3.63) is 35.9 Å². The molecule has 4 nitrogen and oxygen atoms in total. The topological polar surface area (TPSA) is 52.6 Å². The highest BCUT2D eigenvalue weighted by atomic mass is 16.7. The molecule has 1 fully saturated rings. The number of carbonyl (C=O) groups excluding carboxylic acids is 2. The zero-order chi connectivity index (χ0) is 16.0. The van der Waals surface area contributed by atoms with Crippen LogP contribution in [0.1, 0.15) is 45.1 Å². The molecule has 0 radical (unpaired) electrons. The van der Waals surface area contributed by atoms with Gasteiger partial charge >= 0.3 is 5.97 Å². The van der Waals surface area contributed by atoms with E-state index in [0.29, 0.717) is 6.61 Å². The Kier molecular flexibility index (Phi) is 5.72. The van der Waals surface area contributed by atoms with Crippen molar-refractivity contribution in [2.75, 3.05) is 0 Å². The third-order valence-electron chi connectivity index (χ3n) is 4.07. The highest BCUT2D eigenvalue weighted by molar-refractivity contribution is 5.73. The molecule has 1 aromatic rings. The van der Waals surface area contributed by atoms with Crippen LogP contribution in [0.3, 0.4) is 0 Å². The number of esters is 1. The van der Waals surface area contributed by atoms with Gasteiger partial charge < -0.3 is 14.3 Å². The minimum Gasteiger partial charge on any atom is -0.433 e. The Morgan fingerprint density at radius 1 is 1.18 bits per heavy atom. The van der Waals surface area contributed by atoms with Gasteiger partial charge in [-0.15, -0.1) is 0 Å². The Bertz CT molecular complexity index is 487. The van der Waals surface area contributed by atoms with E-state index in [4.69, 9.17) is 9.47 Å². The summed E-state index contributed by atoms with van der Waals surface area (Å²) >= 11 is 0. The van der Waals surface area contributed by atoms with Gasteiger partial charge in [0.1, 0.15) is 6.29 Å². The van der Waals surface area contributed by atoms with E-state index in [2.05, 4.69) is 0 Å². The number of hydrogen-bond donors (Lipinski definition) is 0. The molecular weight excluding hydrogens is 280 g/mol. The fraction of sp³-hybridized carbons (Fsp3) is 0.556. The van der Waals surface area contributed by atoms with Crippen LogP contribution in [0.4, 0.5) is 0 Å². The van der Waals surface area contributed by atoms with Gasteiger partial charge in [-0.25, -0.2) is 0 Å². The Morgan fingerprint density at radius 3 is 2.41 bits per heavy atom. The van der Waals surface area contributed by atoms with Gasteiger partial charge in [-0.1, -0.05) is 30.3 Å². The molecule has 0 unspecified atom stereocenters. The van der Waals surface area contributed by atoms with Gasteiger partial charge in [0.15, 0.2) is 0 Å². The van der Waals surface area contributed by atoms with Crippen LogP contribution in [-0.4, -0.2) is 18.0 Å².